The first-order chi connectivity index (χ1) is 12.6. The number of unbranched alkanes of at least 4 members (excludes halogenated alkanes) is 1. The van der Waals surface area contributed by atoms with Crippen LogP contribution in [0.4, 0.5) is 0 Å². The molecule has 0 amide bonds. The molecule has 0 aromatic heterocycles. The Morgan fingerprint density at radius 1 is 0.857 bits per heavy atom. The van der Waals surface area contributed by atoms with Crippen molar-refractivity contribution in [1.29, 1.82) is 0 Å². The van der Waals surface area contributed by atoms with Crippen LogP contribution in [-0.2, 0) is 17.1 Å². The van der Waals surface area contributed by atoms with Crippen LogP contribution >= 0.6 is 0 Å². The monoisotopic (exact) mass is 458 g/mol. The van der Waals surface area contributed by atoms with Gasteiger partial charge in [-0.1, -0.05) is 23.2 Å². The molecule has 0 rings (SSSR count). The van der Waals surface area contributed by atoms with Crippen molar-refractivity contribution in [3.8, 4) is 0 Å². The molecule has 0 radical (unpaired) electrons. The van der Waals surface area contributed by atoms with Gasteiger partial charge in [0.1, 0.15) is 0 Å². The molecule has 28 heavy (non-hydrogen) atoms. The van der Waals surface area contributed by atoms with E-state index in [4.69, 9.17) is 17.5 Å². The Bertz CT molecular complexity index is 556. The topological polar surface area (TPSA) is 65.0 Å². The van der Waals surface area contributed by atoms with Crippen LogP contribution in [0.15, 0.2) is 48.5 Å². The summed E-state index contributed by atoms with van der Waals surface area (Å²) in [6, 6.07) is 0.620. The fourth-order valence-corrected chi connectivity index (χ4v) is 16.4. The van der Waals surface area contributed by atoms with E-state index in [1.54, 1.807) is 13.0 Å². The summed E-state index contributed by atoms with van der Waals surface area (Å²) in [5, 5.41) is 9.05. The summed E-state index contributed by atoms with van der Waals surface area (Å²) in [5.41, 5.74) is 6.01. The predicted molar refractivity (Wildman–Crippen MR) is 127 cm³/mol. The second-order valence-corrected chi connectivity index (χ2v) is 23.7. The lowest BCUT2D eigenvalue weighted by Crippen LogP contribution is -2.61. The highest BCUT2D eigenvalue weighted by Gasteiger charge is 2.50. The first-order valence-corrected chi connectivity index (χ1v) is 20.4. The number of carboxylic acids is 1. The number of allylic oxidation sites excluding steroid dienone is 1. The SMILES string of the molecule is C=C[Si](C)(C)O[Si](CCC/C=C(\C)C(=O)O)(O[Si](C)(C)C=C)O[Si](C)(C)C=C. The molecule has 0 aliphatic rings. The van der Waals surface area contributed by atoms with Gasteiger partial charge in [-0.3, -0.25) is 0 Å². The van der Waals surface area contributed by atoms with Crippen molar-refractivity contribution < 1.29 is 22.2 Å². The number of carboxylic acid groups (broad SMARTS) is 1. The lowest BCUT2D eigenvalue weighted by atomic mass is 10.2. The molecule has 0 saturated heterocycles. The zero-order valence-electron chi connectivity index (χ0n) is 18.6. The molecule has 9 heteroatoms. The van der Waals surface area contributed by atoms with E-state index in [2.05, 4.69) is 59.0 Å². The molecule has 5 nitrogen and oxygen atoms in total. The molecule has 0 aliphatic heterocycles. The minimum atomic E-state index is -3.07. The van der Waals surface area contributed by atoms with Crippen LogP contribution in [0.25, 0.3) is 0 Å². The molecular formula is C19H38O5Si4. The van der Waals surface area contributed by atoms with Crippen LogP contribution in [0, 0.1) is 0 Å². The van der Waals surface area contributed by atoms with E-state index in [0.717, 1.165) is 6.42 Å². The Hall–Kier alpha value is -0.822. The molecule has 0 fully saturated rings. The maximum atomic E-state index is 11.0. The van der Waals surface area contributed by atoms with Crippen molar-refractivity contribution in [2.24, 2.45) is 0 Å². The normalized spacial score (nSPS) is 13.9. The minimum Gasteiger partial charge on any atom is -0.478 e. The van der Waals surface area contributed by atoms with E-state index in [9.17, 15) is 4.79 Å². The molecule has 0 heterocycles. The maximum Gasteiger partial charge on any atom is 0.470 e. The van der Waals surface area contributed by atoms with E-state index >= 15 is 0 Å². The van der Waals surface area contributed by atoms with Crippen LogP contribution in [0.5, 0.6) is 0 Å². The van der Waals surface area contributed by atoms with Crippen LogP contribution in [0.2, 0.25) is 45.3 Å². The second kappa shape index (κ2) is 10.8. The van der Waals surface area contributed by atoms with Crippen molar-refractivity contribution >= 4 is 39.7 Å². The maximum absolute atomic E-state index is 11.0. The molecule has 0 unspecified atom stereocenters. The fraction of sp³-hybridized carbons (Fsp3) is 0.526. The Morgan fingerprint density at radius 2 is 1.21 bits per heavy atom. The largest absolute Gasteiger partial charge is 0.478 e. The van der Waals surface area contributed by atoms with Gasteiger partial charge in [-0.25, -0.2) is 4.79 Å². The first-order valence-electron chi connectivity index (χ1n) is 9.54. The van der Waals surface area contributed by atoms with Crippen LogP contribution in [0.3, 0.4) is 0 Å². The van der Waals surface area contributed by atoms with Gasteiger partial charge in [0, 0.05) is 11.6 Å². The molecule has 0 aromatic rings. The smallest absolute Gasteiger partial charge is 0.470 e. The minimum absolute atomic E-state index is 0.345. The Labute approximate surface area is 175 Å². The Balaban J connectivity index is 5.89. The van der Waals surface area contributed by atoms with Gasteiger partial charge in [0.2, 0.25) is 25.0 Å². The number of aliphatic carboxylic acids is 1. The van der Waals surface area contributed by atoms with Crippen LogP contribution in [-0.4, -0.2) is 44.8 Å². The standard InChI is InChI=1S/C19H38O5Si4/c1-11-25(5,6)22-28(23-26(7,8)12-2,24-27(9,10)13-3)17-15-14-16-18(4)19(20)21/h11-13,16H,1-3,14-15,17H2,4-10H3,(H,20,21)/b18-16+. The molecule has 0 aromatic carbocycles. The lowest BCUT2D eigenvalue weighted by Gasteiger charge is -2.43. The first kappa shape index (κ1) is 27.2. The summed E-state index contributed by atoms with van der Waals surface area (Å²) >= 11 is 0. The van der Waals surface area contributed by atoms with Crippen molar-refractivity contribution in [1.82, 2.24) is 0 Å². The second-order valence-electron chi connectivity index (χ2n) is 8.50. The van der Waals surface area contributed by atoms with E-state index < -0.39 is 39.7 Å². The molecule has 0 aliphatic carbocycles. The molecular weight excluding hydrogens is 421 g/mol. The van der Waals surface area contributed by atoms with Gasteiger partial charge in [-0.05, 0) is 59.0 Å². The van der Waals surface area contributed by atoms with Gasteiger partial charge < -0.3 is 17.5 Å². The highest BCUT2D eigenvalue weighted by molar-refractivity contribution is 6.93. The number of hydrogen-bond donors (Lipinski definition) is 1. The van der Waals surface area contributed by atoms with E-state index in [1.807, 2.05) is 17.1 Å². The third-order valence-corrected chi connectivity index (χ3v) is 18.2. The average Bonchev–Trinajstić information content (AvgIpc) is 2.57. The summed E-state index contributed by atoms with van der Waals surface area (Å²) in [6.07, 6.45) is 3.09. The van der Waals surface area contributed by atoms with Gasteiger partial charge >= 0.3 is 14.8 Å². The van der Waals surface area contributed by atoms with Gasteiger partial charge in [-0.15, -0.1) is 19.7 Å². The molecule has 160 valence electrons. The quantitative estimate of drug-likeness (QED) is 0.209. The fourth-order valence-electron chi connectivity index (χ4n) is 2.27. The van der Waals surface area contributed by atoms with Gasteiger partial charge in [0.15, 0.2) is 0 Å². The third kappa shape index (κ3) is 10.1. The molecule has 1 N–H and O–H groups in total. The highest BCUT2D eigenvalue weighted by Crippen LogP contribution is 2.31. The third-order valence-electron chi connectivity index (χ3n) is 4.21. The average molecular weight is 459 g/mol. The molecule has 0 spiro atoms. The number of carbonyl (C=O) groups is 1. The van der Waals surface area contributed by atoms with E-state index in [1.165, 1.54) is 0 Å². The zero-order chi connectivity index (χ0) is 22.2. The summed E-state index contributed by atoms with van der Waals surface area (Å²) < 4.78 is 20.0. The highest BCUT2D eigenvalue weighted by atomic mass is 28.5. The van der Waals surface area contributed by atoms with Crippen molar-refractivity contribution in [3.05, 3.63) is 48.5 Å². The molecule has 0 saturated carbocycles. The molecule has 0 bridgehead atoms. The Kier molecular flexibility index (Phi) is 10.5. The van der Waals surface area contributed by atoms with Crippen LogP contribution < -0.4 is 0 Å². The van der Waals surface area contributed by atoms with Gasteiger partial charge in [0.05, 0.1) is 0 Å². The van der Waals surface area contributed by atoms with Crippen molar-refractivity contribution in [3.63, 3.8) is 0 Å². The molecule has 0 atom stereocenters. The summed E-state index contributed by atoms with van der Waals surface area (Å²) in [6.45, 7) is 25.9. The van der Waals surface area contributed by atoms with Crippen molar-refractivity contribution in [2.45, 2.75) is 65.1 Å². The van der Waals surface area contributed by atoms with Crippen molar-refractivity contribution in [2.75, 3.05) is 0 Å². The van der Waals surface area contributed by atoms with Gasteiger partial charge in [-0.2, -0.15) is 0 Å². The summed E-state index contributed by atoms with van der Waals surface area (Å²) in [4.78, 5) is 11.0. The number of hydrogen-bond acceptors (Lipinski definition) is 4. The Morgan fingerprint density at radius 3 is 1.50 bits per heavy atom. The zero-order valence-corrected chi connectivity index (χ0v) is 22.6. The van der Waals surface area contributed by atoms with E-state index in [0.29, 0.717) is 18.0 Å². The summed E-state index contributed by atoms with van der Waals surface area (Å²) in [7, 11) is -9.66. The van der Waals surface area contributed by atoms with Gasteiger partial charge in [0.25, 0.3) is 0 Å². The van der Waals surface area contributed by atoms with Crippen LogP contribution in [0.1, 0.15) is 19.8 Å². The van der Waals surface area contributed by atoms with E-state index in [-0.39, 0.29) is 0 Å². The predicted octanol–water partition coefficient (Wildman–Crippen LogP) is 5.58. The lowest BCUT2D eigenvalue weighted by molar-refractivity contribution is -0.132. The number of rotatable bonds is 14. The summed E-state index contributed by atoms with van der Waals surface area (Å²) in [5.74, 6) is -0.896.